The van der Waals surface area contributed by atoms with E-state index in [-0.39, 0.29) is 0 Å². The van der Waals surface area contributed by atoms with Crippen molar-refractivity contribution < 1.29 is 23.2 Å². The molecule has 2 N–H and O–H groups in total. The maximum atomic E-state index is 12.3. The number of carbonyl (C=O) groups is 1. The Bertz CT molecular complexity index is 691. The van der Waals surface area contributed by atoms with Crippen LogP contribution in [0.4, 0.5) is 5.69 Å². The maximum Gasteiger partial charge on any atom is 0.322 e. The van der Waals surface area contributed by atoms with Gasteiger partial charge in [0.2, 0.25) is 10.0 Å². The Morgan fingerprint density at radius 2 is 2.09 bits per heavy atom. The predicted molar refractivity (Wildman–Crippen MR) is 82.0 cm³/mol. The van der Waals surface area contributed by atoms with Crippen molar-refractivity contribution >= 4 is 37.6 Å². The molecule has 0 bridgehead atoms. The summed E-state index contributed by atoms with van der Waals surface area (Å²) in [5.41, 5.74) is -0.621. The summed E-state index contributed by atoms with van der Waals surface area (Å²) in [6, 6.07) is 2.07. The zero-order valence-corrected chi connectivity index (χ0v) is 14.2. The van der Waals surface area contributed by atoms with Crippen LogP contribution in [-0.4, -0.2) is 30.5 Å². The first kappa shape index (κ1) is 18.5. The van der Waals surface area contributed by atoms with Crippen LogP contribution < -0.4 is 4.72 Å². The molecule has 0 radical (unpaired) electrons. The van der Waals surface area contributed by atoms with Gasteiger partial charge in [-0.25, -0.2) is 8.42 Å². The fourth-order valence-electron chi connectivity index (χ4n) is 1.73. The van der Waals surface area contributed by atoms with Crippen LogP contribution >= 0.6 is 15.9 Å². The Labute approximate surface area is 135 Å². The molecular weight excluding hydrogens is 380 g/mol. The van der Waals surface area contributed by atoms with Gasteiger partial charge in [0.05, 0.1) is 4.92 Å². The van der Waals surface area contributed by atoms with Gasteiger partial charge in [-0.05, 0) is 18.1 Å². The minimum absolute atomic E-state index is 0.328. The van der Waals surface area contributed by atoms with Crippen molar-refractivity contribution in [1.82, 2.24) is 4.72 Å². The average Bonchev–Trinajstić information content (AvgIpc) is 2.43. The van der Waals surface area contributed by atoms with Crippen molar-refractivity contribution in [3.63, 3.8) is 0 Å². The molecule has 22 heavy (non-hydrogen) atoms. The van der Waals surface area contributed by atoms with Gasteiger partial charge in [-0.2, -0.15) is 4.72 Å². The average molecular weight is 395 g/mol. The normalized spacial score (nSPS) is 14.3. The number of hydrogen-bond donors (Lipinski definition) is 2. The third-order valence-corrected chi connectivity index (χ3v) is 5.13. The molecule has 0 unspecified atom stereocenters. The molecule has 0 heterocycles. The lowest BCUT2D eigenvalue weighted by Crippen LogP contribution is -2.45. The molecule has 0 aliphatic heterocycles. The second kappa shape index (κ2) is 7.16. The first-order chi connectivity index (χ1) is 10.1. The minimum Gasteiger partial charge on any atom is -0.480 e. The first-order valence-corrected chi connectivity index (χ1v) is 8.56. The molecule has 0 saturated carbocycles. The first-order valence-electron chi connectivity index (χ1n) is 6.29. The zero-order chi connectivity index (χ0) is 17.1. The van der Waals surface area contributed by atoms with E-state index in [1.54, 1.807) is 13.8 Å². The SMILES string of the molecule is CC[C@H](C)[C@H](NS(=O)(=O)c1cc(Br)ccc1[N+](=O)[O-])C(=O)O. The number of sulfonamides is 1. The minimum atomic E-state index is -4.36. The third kappa shape index (κ3) is 4.24. The number of rotatable bonds is 7. The lowest BCUT2D eigenvalue weighted by Gasteiger charge is -2.20. The molecule has 0 aliphatic carbocycles. The van der Waals surface area contributed by atoms with Gasteiger partial charge in [-0.15, -0.1) is 0 Å². The number of halogens is 1. The molecule has 0 fully saturated rings. The Morgan fingerprint density at radius 1 is 1.50 bits per heavy atom. The number of nitrogens with one attached hydrogen (secondary N) is 1. The molecule has 0 saturated heterocycles. The summed E-state index contributed by atoms with van der Waals surface area (Å²) in [5, 5.41) is 20.1. The zero-order valence-electron chi connectivity index (χ0n) is 11.8. The highest BCUT2D eigenvalue weighted by atomic mass is 79.9. The second-order valence-corrected chi connectivity index (χ2v) is 7.29. The van der Waals surface area contributed by atoms with Gasteiger partial charge >= 0.3 is 5.97 Å². The number of nitro benzene ring substituents is 1. The van der Waals surface area contributed by atoms with Gasteiger partial charge in [-0.3, -0.25) is 14.9 Å². The Kier molecular flexibility index (Phi) is 6.03. The van der Waals surface area contributed by atoms with Crippen molar-refractivity contribution in [3.8, 4) is 0 Å². The van der Waals surface area contributed by atoms with Gasteiger partial charge in [0.1, 0.15) is 6.04 Å². The quantitative estimate of drug-likeness (QED) is 0.538. The van der Waals surface area contributed by atoms with Gasteiger partial charge < -0.3 is 5.11 Å². The molecule has 1 rings (SSSR count). The number of benzene rings is 1. The molecule has 10 heteroatoms. The van der Waals surface area contributed by atoms with Gasteiger partial charge in [0, 0.05) is 10.5 Å². The van der Waals surface area contributed by atoms with E-state index in [1.807, 2.05) is 4.72 Å². The molecule has 0 aliphatic rings. The van der Waals surface area contributed by atoms with E-state index in [1.165, 1.54) is 6.07 Å². The Hall–Kier alpha value is -1.52. The van der Waals surface area contributed by atoms with E-state index in [9.17, 15) is 23.3 Å². The lowest BCUT2D eigenvalue weighted by molar-refractivity contribution is -0.387. The summed E-state index contributed by atoms with van der Waals surface area (Å²) in [7, 11) is -4.36. The molecule has 0 amide bonds. The number of nitro groups is 1. The van der Waals surface area contributed by atoms with Crippen molar-refractivity contribution in [2.24, 2.45) is 5.92 Å². The Balaban J connectivity index is 3.32. The van der Waals surface area contributed by atoms with Crippen LogP contribution in [-0.2, 0) is 14.8 Å². The van der Waals surface area contributed by atoms with E-state index in [4.69, 9.17) is 5.11 Å². The summed E-state index contributed by atoms with van der Waals surface area (Å²) < 4.78 is 27.0. The molecule has 2 atom stereocenters. The van der Waals surface area contributed by atoms with Crippen LogP contribution in [0, 0.1) is 16.0 Å². The number of nitrogens with zero attached hydrogens (tertiary/aromatic N) is 1. The van der Waals surface area contributed by atoms with E-state index < -0.39 is 43.5 Å². The highest BCUT2D eigenvalue weighted by Gasteiger charge is 2.33. The molecule has 0 spiro atoms. The summed E-state index contributed by atoms with van der Waals surface area (Å²) in [6.07, 6.45) is 0.431. The number of carboxylic acids is 1. The van der Waals surface area contributed by atoms with Crippen molar-refractivity contribution in [2.45, 2.75) is 31.2 Å². The number of carboxylic acid groups (broad SMARTS) is 1. The van der Waals surface area contributed by atoms with E-state index in [0.717, 1.165) is 12.1 Å². The topological polar surface area (TPSA) is 127 Å². The molecule has 1 aromatic carbocycles. The molecule has 122 valence electrons. The second-order valence-electron chi connectivity index (χ2n) is 4.69. The van der Waals surface area contributed by atoms with Crippen LogP contribution in [0.5, 0.6) is 0 Å². The van der Waals surface area contributed by atoms with Crippen molar-refractivity contribution in [3.05, 3.63) is 32.8 Å². The molecule has 0 aromatic heterocycles. The van der Waals surface area contributed by atoms with Crippen molar-refractivity contribution in [1.29, 1.82) is 0 Å². The fourth-order valence-corrected chi connectivity index (χ4v) is 3.74. The van der Waals surface area contributed by atoms with Crippen LogP contribution in [0.2, 0.25) is 0 Å². The molecule has 8 nitrogen and oxygen atoms in total. The van der Waals surface area contributed by atoms with Crippen LogP contribution in [0.1, 0.15) is 20.3 Å². The number of hydrogen-bond acceptors (Lipinski definition) is 5. The monoisotopic (exact) mass is 394 g/mol. The standard InChI is InChI=1S/C12H15BrN2O6S/c1-3-7(2)11(12(16)17)14-22(20,21)10-6-8(13)4-5-9(10)15(18)19/h4-7,11,14H,3H2,1-2H3,(H,16,17)/t7-,11-/m0/s1. The van der Waals surface area contributed by atoms with Crippen LogP contribution in [0.3, 0.4) is 0 Å². The van der Waals surface area contributed by atoms with Crippen molar-refractivity contribution in [2.75, 3.05) is 0 Å². The summed E-state index contributed by atoms with van der Waals surface area (Å²) in [6.45, 7) is 3.30. The van der Waals surface area contributed by atoms with Gasteiger partial charge in [-0.1, -0.05) is 36.2 Å². The molecular formula is C12H15BrN2O6S. The third-order valence-electron chi connectivity index (χ3n) is 3.17. The van der Waals surface area contributed by atoms with E-state index in [2.05, 4.69) is 15.9 Å². The Morgan fingerprint density at radius 3 is 2.55 bits per heavy atom. The van der Waals surface area contributed by atoms with Gasteiger partial charge in [0.25, 0.3) is 5.69 Å². The largest absolute Gasteiger partial charge is 0.480 e. The highest BCUT2D eigenvalue weighted by molar-refractivity contribution is 9.10. The maximum absolute atomic E-state index is 12.3. The lowest BCUT2D eigenvalue weighted by atomic mass is 10.0. The predicted octanol–water partition coefficient (Wildman–Crippen LogP) is 2.13. The van der Waals surface area contributed by atoms with E-state index in [0.29, 0.717) is 10.9 Å². The number of aliphatic carboxylic acids is 1. The van der Waals surface area contributed by atoms with Gasteiger partial charge in [0.15, 0.2) is 4.90 Å². The van der Waals surface area contributed by atoms with Crippen LogP contribution in [0.15, 0.2) is 27.6 Å². The molecule has 1 aromatic rings. The smallest absolute Gasteiger partial charge is 0.322 e. The summed E-state index contributed by atoms with van der Waals surface area (Å²) in [5.74, 6) is -1.81. The summed E-state index contributed by atoms with van der Waals surface area (Å²) >= 11 is 3.04. The fraction of sp³-hybridized carbons (Fsp3) is 0.417. The van der Waals surface area contributed by atoms with Crippen LogP contribution in [0.25, 0.3) is 0 Å². The highest BCUT2D eigenvalue weighted by Crippen LogP contribution is 2.27. The van der Waals surface area contributed by atoms with E-state index >= 15 is 0 Å². The summed E-state index contributed by atoms with van der Waals surface area (Å²) in [4.78, 5) is 20.8.